The van der Waals surface area contributed by atoms with Gasteiger partial charge >= 0.3 is 6.18 Å². The Kier molecular flexibility index (Phi) is 7.15. The van der Waals surface area contributed by atoms with Gasteiger partial charge in [-0.1, -0.05) is 13.8 Å². The molecule has 1 aromatic heterocycles. The van der Waals surface area contributed by atoms with Crippen LogP contribution in [0.15, 0.2) is 18.2 Å². The van der Waals surface area contributed by atoms with Crippen molar-refractivity contribution in [2.75, 3.05) is 17.6 Å². The number of nitrogens with two attached hydrogens (primary N) is 1. The fourth-order valence-electron chi connectivity index (χ4n) is 5.04. The van der Waals surface area contributed by atoms with Gasteiger partial charge in [-0.15, -0.1) is 0 Å². The summed E-state index contributed by atoms with van der Waals surface area (Å²) in [5.41, 5.74) is 5.94. The first kappa shape index (κ1) is 25.5. The van der Waals surface area contributed by atoms with Crippen LogP contribution in [0, 0.1) is 0 Å². The summed E-state index contributed by atoms with van der Waals surface area (Å²) in [6.07, 6.45) is -0.538. The molecular formula is C24H29ClF3N5O2. The number of aromatic nitrogens is 2. The van der Waals surface area contributed by atoms with E-state index < -0.39 is 17.3 Å². The maximum atomic E-state index is 13.3. The minimum atomic E-state index is -4.50. The van der Waals surface area contributed by atoms with Crippen molar-refractivity contribution in [3.05, 3.63) is 45.9 Å². The molecule has 2 saturated heterocycles. The first-order valence-corrected chi connectivity index (χ1v) is 12.2. The molecule has 0 radical (unpaired) electrons. The van der Waals surface area contributed by atoms with Crippen LogP contribution in [0.4, 0.5) is 24.7 Å². The lowest BCUT2D eigenvalue weighted by Crippen LogP contribution is -2.49. The van der Waals surface area contributed by atoms with E-state index in [0.29, 0.717) is 29.9 Å². The van der Waals surface area contributed by atoms with E-state index in [2.05, 4.69) is 15.3 Å². The van der Waals surface area contributed by atoms with Gasteiger partial charge in [0.05, 0.1) is 23.9 Å². The number of hydrogen-bond acceptors (Lipinski definition) is 6. The smallest absolute Gasteiger partial charge is 0.399 e. The Bertz CT molecular complexity index is 1100. The zero-order valence-corrected chi connectivity index (χ0v) is 20.5. The third kappa shape index (κ3) is 5.18. The monoisotopic (exact) mass is 511 g/mol. The fraction of sp³-hybridized carbons (Fsp3) is 0.542. The van der Waals surface area contributed by atoms with E-state index >= 15 is 0 Å². The molecule has 2 bridgehead atoms. The average Bonchev–Trinajstić information content (AvgIpc) is 3.45. The second kappa shape index (κ2) is 9.81. The van der Waals surface area contributed by atoms with Gasteiger partial charge in [0.1, 0.15) is 11.4 Å². The highest BCUT2D eigenvalue weighted by Crippen LogP contribution is 2.45. The van der Waals surface area contributed by atoms with Crippen LogP contribution < -0.4 is 11.1 Å². The molecule has 0 aliphatic carbocycles. The van der Waals surface area contributed by atoms with Crippen molar-refractivity contribution >= 4 is 29.0 Å². The number of nitrogens with zero attached hydrogens (tertiary/aromatic N) is 3. The lowest BCUT2D eigenvalue weighted by atomic mass is 9.87. The predicted octanol–water partition coefficient (Wildman–Crippen LogP) is 4.97. The molecule has 2 aromatic rings. The van der Waals surface area contributed by atoms with Gasteiger partial charge in [0, 0.05) is 30.8 Å². The van der Waals surface area contributed by atoms with Gasteiger partial charge in [0.2, 0.25) is 5.28 Å². The number of ether oxygens (including phenoxy) is 1. The highest BCUT2D eigenvalue weighted by atomic mass is 35.5. The van der Waals surface area contributed by atoms with Crippen LogP contribution in [-0.2, 0) is 35.2 Å². The molecule has 1 aromatic carbocycles. The van der Waals surface area contributed by atoms with E-state index in [1.807, 2.05) is 13.8 Å². The van der Waals surface area contributed by atoms with E-state index in [-0.39, 0.29) is 36.1 Å². The lowest BCUT2D eigenvalue weighted by molar-refractivity contribution is -0.152. The van der Waals surface area contributed by atoms with Gasteiger partial charge in [-0.2, -0.15) is 13.2 Å². The van der Waals surface area contributed by atoms with Crippen molar-refractivity contribution in [2.45, 2.75) is 76.9 Å². The second-order valence-electron chi connectivity index (χ2n) is 8.87. The summed E-state index contributed by atoms with van der Waals surface area (Å²) in [6.45, 7) is 4.84. The molecule has 11 heteroatoms. The minimum Gasteiger partial charge on any atom is -0.399 e. The molecule has 0 atom stereocenters. The van der Waals surface area contributed by atoms with Gasteiger partial charge in [-0.05, 0) is 61.0 Å². The molecule has 190 valence electrons. The van der Waals surface area contributed by atoms with Crippen molar-refractivity contribution < 1.29 is 22.7 Å². The van der Waals surface area contributed by atoms with Gasteiger partial charge in [0.15, 0.2) is 0 Å². The molecule has 7 nitrogen and oxygen atoms in total. The molecule has 0 saturated carbocycles. The number of carbonyl (C=O) groups is 1. The first-order chi connectivity index (χ1) is 16.6. The highest BCUT2D eigenvalue weighted by Gasteiger charge is 2.53. The van der Waals surface area contributed by atoms with Crippen LogP contribution in [0.2, 0.25) is 5.28 Å². The zero-order chi connectivity index (χ0) is 25.4. The van der Waals surface area contributed by atoms with Crippen LogP contribution in [0.5, 0.6) is 0 Å². The van der Waals surface area contributed by atoms with Crippen molar-refractivity contribution in [2.24, 2.45) is 0 Å². The van der Waals surface area contributed by atoms with Crippen molar-refractivity contribution in [1.29, 1.82) is 0 Å². The number of halogens is 4. The number of nitrogens with one attached hydrogen (secondary N) is 1. The standard InChI is InChI=1S/C22H23ClF3N5O2.C2H6/c23-20-29-17-3-6-31(19(32)21-4-1-15(33-21)2-5-21)11-16(17)18(30-20)28-10-12-7-13(22(24,25)26)9-14(27)8-12;1-2/h7-9,15H,1-6,10-11,27H2,(H,28,29,30);1-2H3. The summed E-state index contributed by atoms with van der Waals surface area (Å²) in [7, 11) is 0. The third-order valence-electron chi connectivity index (χ3n) is 6.64. The van der Waals surface area contributed by atoms with Gasteiger partial charge in [-0.3, -0.25) is 4.79 Å². The van der Waals surface area contributed by atoms with E-state index in [9.17, 15) is 18.0 Å². The quantitative estimate of drug-likeness (QED) is 0.445. The molecule has 5 rings (SSSR count). The average molecular weight is 512 g/mol. The number of carbonyl (C=O) groups excluding carboxylic acids is 1. The van der Waals surface area contributed by atoms with Crippen LogP contribution in [0.3, 0.4) is 0 Å². The van der Waals surface area contributed by atoms with E-state index in [1.165, 1.54) is 6.07 Å². The molecule has 2 fully saturated rings. The van der Waals surface area contributed by atoms with Crippen molar-refractivity contribution in [3.63, 3.8) is 0 Å². The number of fused-ring (bicyclic) bond motifs is 3. The number of benzene rings is 1. The molecule has 0 unspecified atom stereocenters. The fourth-order valence-corrected chi connectivity index (χ4v) is 5.22. The third-order valence-corrected chi connectivity index (χ3v) is 6.81. The largest absolute Gasteiger partial charge is 0.416 e. The van der Waals surface area contributed by atoms with Crippen LogP contribution >= 0.6 is 11.6 Å². The molecule has 3 N–H and O–H groups in total. The van der Waals surface area contributed by atoms with E-state index in [0.717, 1.165) is 43.5 Å². The summed E-state index contributed by atoms with van der Waals surface area (Å²) in [5, 5.41) is 3.11. The highest BCUT2D eigenvalue weighted by molar-refractivity contribution is 6.28. The van der Waals surface area contributed by atoms with Gasteiger partial charge in [0.25, 0.3) is 5.91 Å². The Balaban J connectivity index is 0.00000141. The van der Waals surface area contributed by atoms with Crippen LogP contribution in [0.1, 0.15) is 61.9 Å². The second-order valence-corrected chi connectivity index (χ2v) is 9.21. The number of anilines is 2. The van der Waals surface area contributed by atoms with E-state index in [4.69, 9.17) is 22.1 Å². The Hall–Kier alpha value is -2.59. The SMILES string of the molecule is CC.Nc1cc(CNc2nc(Cl)nc3c2CN(C(=O)C24CCC(CC2)O4)CC3)cc(C(F)(F)F)c1. The predicted molar refractivity (Wildman–Crippen MR) is 127 cm³/mol. The Morgan fingerprint density at radius 1 is 1.26 bits per heavy atom. The lowest BCUT2D eigenvalue weighted by Gasteiger charge is -2.35. The van der Waals surface area contributed by atoms with Gasteiger partial charge < -0.3 is 20.7 Å². The molecule has 4 heterocycles. The number of rotatable bonds is 4. The zero-order valence-electron chi connectivity index (χ0n) is 19.7. The molecule has 3 aliphatic heterocycles. The number of hydrogen-bond donors (Lipinski definition) is 2. The van der Waals surface area contributed by atoms with Crippen molar-refractivity contribution in [3.8, 4) is 0 Å². The first-order valence-electron chi connectivity index (χ1n) is 11.9. The Labute approximate surface area is 207 Å². The number of alkyl halides is 3. The van der Waals surface area contributed by atoms with E-state index in [1.54, 1.807) is 4.90 Å². The minimum absolute atomic E-state index is 0.0142. The maximum absolute atomic E-state index is 13.3. The normalized spacial score (nSPS) is 22.9. The molecule has 3 aliphatic rings. The molecule has 0 spiro atoms. The summed E-state index contributed by atoms with van der Waals surface area (Å²) < 4.78 is 45.4. The van der Waals surface area contributed by atoms with Crippen LogP contribution in [-0.4, -0.2) is 39.0 Å². The molecular weight excluding hydrogens is 483 g/mol. The number of nitrogen functional groups attached to an aromatic ring is 1. The van der Waals surface area contributed by atoms with Crippen LogP contribution in [0.25, 0.3) is 0 Å². The van der Waals surface area contributed by atoms with Crippen molar-refractivity contribution in [1.82, 2.24) is 14.9 Å². The number of amides is 1. The maximum Gasteiger partial charge on any atom is 0.416 e. The molecule has 35 heavy (non-hydrogen) atoms. The van der Waals surface area contributed by atoms with Gasteiger partial charge in [-0.25, -0.2) is 9.97 Å². The Morgan fingerprint density at radius 2 is 1.97 bits per heavy atom. The summed E-state index contributed by atoms with van der Waals surface area (Å²) in [6, 6.07) is 3.41. The topological polar surface area (TPSA) is 93.4 Å². The molecule has 1 amide bonds. The Morgan fingerprint density at radius 3 is 2.60 bits per heavy atom. The summed E-state index contributed by atoms with van der Waals surface area (Å²) in [5.74, 6) is 0.382. The summed E-state index contributed by atoms with van der Waals surface area (Å²) >= 11 is 6.09. The summed E-state index contributed by atoms with van der Waals surface area (Å²) in [4.78, 5) is 23.6.